The van der Waals surface area contributed by atoms with Gasteiger partial charge in [0.15, 0.2) is 11.4 Å². The fourth-order valence-electron chi connectivity index (χ4n) is 3.87. The van der Waals surface area contributed by atoms with Gasteiger partial charge in [0.05, 0.1) is 23.3 Å². The summed E-state index contributed by atoms with van der Waals surface area (Å²) in [5, 5.41) is 6.90. The van der Waals surface area contributed by atoms with E-state index >= 15 is 0 Å². The van der Waals surface area contributed by atoms with E-state index in [0.29, 0.717) is 24.6 Å². The second-order valence-corrected chi connectivity index (χ2v) is 8.89. The quantitative estimate of drug-likeness (QED) is 0.216. The van der Waals surface area contributed by atoms with Crippen LogP contribution in [0.3, 0.4) is 0 Å². The number of amidine groups is 2. The lowest BCUT2D eigenvalue weighted by Crippen LogP contribution is -2.43. The Bertz CT molecular complexity index is 1230. The highest BCUT2D eigenvalue weighted by Gasteiger charge is 2.40. The summed E-state index contributed by atoms with van der Waals surface area (Å²) in [5.41, 5.74) is 1.60. The Balaban J connectivity index is 1.97. The predicted octanol–water partition coefficient (Wildman–Crippen LogP) is 3.22. The van der Waals surface area contributed by atoms with Gasteiger partial charge in [0.2, 0.25) is 5.82 Å². The molecule has 0 amide bonds. The minimum atomic E-state index is -0.859. The van der Waals surface area contributed by atoms with Crippen LogP contribution in [-0.4, -0.2) is 64.8 Å². The second kappa shape index (κ2) is 12.0. The summed E-state index contributed by atoms with van der Waals surface area (Å²) in [6, 6.07) is 5.69. The molecule has 0 aliphatic carbocycles. The number of aromatic nitrogens is 3. The smallest absolute Gasteiger partial charge is 0.364 e. The SMILES string of the molecule is C=CC(Cl)C(C)/C=C\C/C(NC(=NC)c1noc(=O)[nH]1)=C1/CN=C(C(C)(OC)c2ccccn2)N1C. The molecule has 3 heterocycles. The van der Waals surface area contributed by atoms with E-state index in [0.717, 1.165) is 17.1 Å². The number of aliphatic imine (C=N–C) groups is 2. The molecule has 3 rings (SSSR count). The number of H-pyrrole nitrogens is 1. The van der Waals surface area contributed by atoms with Crippen LogP contribution in [0.15, 0.2) is 79.9 Å². The Kier molecular flexibility index (Phi) is 9.00. The monoisotopic (exact) mass is 513 g/mol. The lowest BCUT2D eigenvalue weighted by molar-refractivity contribution is 0.0532. The van der Waals surface area contributed by atoms with Crippen molar-refractivity contribution in [3.05, 3.63) is 82.7 Å². The molecule has 2 N–H and O–H groups in total. The number of methoxy groups -OCH3 is 1. The average molecular weight is 514 g/mol. The van der Waals surface area contributed by atoms with E-state index in [1.165, 1.54) is 0 Å². The first-order valence-corrected chi connectivity index (χ1v) is 11.9. The van der Waals surface area contributed by atoms with Gasteiger partial charge in [-0.15, -0.1) is 18.2 Å². The number of pyridine rings is 1. The third-order valence-corrected chi connectivity index (χ3v) is 6.66. The van der Waals surface area contributed by atoms with Crippen molar-refractivity contribution >= 4 is 23.3 Å². The number of likely N-dealkylation sites (N-methyl/N-ethyl adjacent to an activating group) is 1. The zero-order valence-corrected chi connectivity index (χ0v) is 21.9. The van der Waals surface area contributed by atoms with Crippen LogP contribution in [-0.2, 0) is 10.3 Å². The Labute approximate surface area is 215 Å². The van der Waals surface area contributed by atoms with Gasteiger partial charge in [0.25, 0.3) is 0 Å². The maximum absolute atomic E-state index is 11.5. The molecule has 3 atom stereocenters. The number of hydrogen-bond acceptors (Lipinski definition) is 8. The minimum absolute atomic E-state index is 0.0932. The summed E-state index contributed by atoms with van der Waals surface area (Å²) in [5.74, 6) is 0.696. The zero-order valence-electron chi connectivity index (χ0n) is 21.2. The lowest BCUT2D eigenvalue weighted by Gasteiger charge is -2.32. The van der Waals surface area contributed by atoms with E-state index in [4.69, 9.17) is 21.3 Å². The first kappa shape index (κ1) is 27.1. The van der Waals surface area contributed by atoms with Crippen molar-refractivity contribution in [1.29, 1.82) is 0 Å². The molecule has 0 bridgehead atoms. The van der Waals surface area contributed by atoms with Crippen molar-refractivity contribution in [2.24, 2.45) is 15.9 Å². The van der Waals surface area contributed by atoms with E-state index in [1.54, 1.807) is 26.4 Å². The highest BCUT2D eigenvalue weighted by molar-refractivity contribution is 6.22. The molecule has 10 nitrogen and oxygen atoms in total. The summed E-state index contributed by atoms with van der Waals surface area (Å²) in [6.07, 6.45) is 8.02. The van der Waals surface area contributed by atoms with Gasteiger partial charge in [0.1, 0.15) is 5.84 Å². The van der Waals surface area contributed by atoms with Gasteiger partial charge < -0.3 is 15.0 Å². The standard InChI is InChI=1S/C25H32ClN7O3/c1-7-17(26)16(2)11-10-12-18(30-21(27-4)22-31-24(34)36-32-22)19-15-29-23(33(19)5)25(3,35-6)20-13-8-9-14-28-20/h7-11,13-14,16-17H,1,12,15H2,2-6H3,(H,27,30)(H,31,32,34)/b11-10-,19-18+. The first-order chi connectivity index (χ1) is 17.2. The molecule has 0 aromatic carbocycles. The zero-order chi connectivity index (χ0) is 26.3. The van der Waals surface area contributed by atoms with Crippen molar-refractivity contribution < 1.29 is 9.26 Å². The predicted molar refractivity (Wildman–Crippen MR) is 141 cm³/mol. The molecule has 11 heteroatoms. The Morgan fingerprint density at radius 1 is 1.50 bits per heavy atom. The van der Waals surface area contributed by atoms with E-state index in [-0.39, 0.29) is 17.1 Å². The average Bonchev–Trinajstić information content (AvgIpc) is 3.51. The molecule has 0 saturated carbocycles. The molecule has 0 fully saturated rings. The summed E-state index contributed by atoms with van der Waals surface area (Å²) in [7, 11) is 5.17. The van der Waals surface area contributed by atoms with Gasteiger partial charge >= 0.3 is 5.76 Å². The molecule has 1 aliphatic heterocycles. The maximum Gasteiger partial charge on any atom is 0.439 e. The van der Waals surface area contributed by atoms with E-state index < -0.39 is 11.4 Å². The highest BCUT2D eigenvalue weighted by atomic mass is 35.5. The van der Waals surface area contributed by atoms with Crippen LogP contribution < -0.4 is 11.1 Å². The number of rotatable bonds is 10. The van der Waals surface area contributed by atoms with E-state index in [1.807, 2.05) is 56.1 Å². The largest absolute Gasteiger partial charge is 0.439 e. The van der Waals surface area contributed by atoms with Crippen LogP contribution in [0.2, 0.25) is 0 Å². The topological polar surface area (TPSA) is 121 Å². The van der Waals surface area contributed by atoms with Crippen molar-refractivity contribution in [3.8, 4) is 0 Å². The summed E-state index contributed by atoms with van der Waals surface area (Å²) < 4.78 is 10.6. The molecular formula is C25H32ClN7O3. The number of nitrogens with one attached hydrogen (secondary N) is 2. The fourth-order valence-corrected chi connectivity index (χ4v) is 3.96. The third-order valence-electron chi connectivity index (χ3n) is 6.08. The molecule has 2 aromatic rings. The van der Waals surface area contributed by atoms with Crippen molar-refractivity contribution in [1.82, 2.24) is 25.3 Å². The summed E-state index contributed by atoms with van der Waals surface area (Å²) in [4.78, 5) is 29.6. The van der Waals surface area contributed by atoms with Crippen LogP contribution in [0.4, 0.5) is 0 Å². The molecule has 0 saturated heterocycles. The molecule has 0 radical (unpaired) electrons. The highest BCUT2D eigenvalue weighted by Crippen LogP contribution is 2.32. The molecule has 2 aromatic heterocycles. The Morgan fingerprint density at radius 2 is 2.28 bits per heavy atom. The normalized spacial score (nSPS) is 19.1. The Hall–Kier alpha value is -3.50. The van der Waals surface area contributed by atoms with Gasteiger partial charge in [-0.1, -0.05) is 36.4 Å². The van der Waals surface area contributed by atoms with Gasteiger partial charge in [-0.25, -0.2) is 4.79 Å². The van der Waals surface area contributed by atoms with Gasteiger partial charge in [-0.2, -0.15) is 0 Å². The minimum Gasteiger partial charge on any atom is -0.364 e. The van der Waals surface area contributed by atoms with Gasteiger partial charge in [-0.05, 0) is 25.0 Å². The Morgan fingerprint density at radius 3 is 2.86 bits per heavy atom. The summed E-state index contributed by atoms with van der Waals surface area (Å²) >= 11 is 6.30. The molecule has 192 valence electrons. The first-order valence-electron chi connectivity index (χ1n) is 11.5. The van der Waals surface area contributed by atoms with Crippen molar-refractivity contribution in [3.63, 3.8) is 0 Å². The van der Waals surface area contributed by atoms with Crippen LogP contribution in [0.5, 0.6) is 0 Å². The summed E-state index contributed by atoms with van der Waals surface area (Å²) in [6.45, 7) is 8.13. The molecule has 1 aliphatic rings. The maximum atomic E-state index is 11.5. The third kappa shape index (κ3) is 5.83. The van der Waals surface area contributed by atoms with Gasteiger partial charge in [0, 0.05) is 39.5 Å². The van der Waals surface area contributed by atoms with Crippen LogP contribution >= 0.6 is 11.6 Å². The van der Waals surface area contributed by atoms with Crippen LogP contribution in [0, 0.1) is 5.92 Å². The number of alkyl halides is 1. The molecule has 0 spiro atoms. The number of aromatic amines is 1. The van der Waals surface area contributed by atoms with Gasteiger partial charge in [-0.3, -0.25) is 24.5 Å². The van der Waals surface area contributed by atoms with Crippen LogP contribution in [0.1, 0.15) is 31.8 Å². The molecular weight excluding hydrogens is 482 g/mol. The number of hydrogen-bond donors (Lipinski definition) is 2. The second-order valence-electron chi connectivity index (χ2n) is 8.39. The van der Waals surface area contributed by atoms with Crippen LogP contribution in [0.25, 0.3) is 0 Å². The van der Waals surface area contributed by atoms with E-state index in [9.17, 15) is 4.79 Å². The number of nitrogens with zero attached hydrogens (tertiary/aromatic N) is 5. The number of ether oxygens (including phenoxy) is 1. The van der Waals surface area contributed by atoms with Crippen molar-refractivity contribution in [2.45, 2.75) is 31.2 Å². The fraction of sp³-hybridized carbons (Fsp3) is 0.400. The van der Waals surface area contributed by atoms with Crippen molar-refractivity contribution in [2.75, 3.05) is 27.7 Å². The van der Waals surface area contributed by atoms with E-state index in [2.05, 4.69) is 36.5 Å². The lowest BCUT2D eigenvalue weighted by atomic mass is 9.99. The number of allylic oxidation sites excluding steroid dienone is 3. The molecule has 36 heavy (non-hydrogen) atoms. The molecule has 3 unspecified atom stereocenters. The number of halogens is 1.